The Labute approximate surface area is 155 Å². The van der Waals surface area contributed by atoms with Gasteiger partial charge in [-0.2, -0.15) is 0 Å². The van der Waals surface area contributed by atoms with Crippen LogP contribution >= 0.6 is 11.6 Å². The minimum absolute atomic E-state index is 0.609. The van der Waals surface area contributed by atoms with Crippen molar-refractivity contribution >= 4 is 11.6 Å². The molecule has 0 spiro atoms. The third-order valence-electron chi connectivity index (χ3n) is 4.31. The largest absolute Gasteiger partial charge is 0.489 e. The number of rotatable bonds is 8. The Kier molecular flexibility index (Phi) is 6.53. The molecular formula is C23H23ClO. The van der Waals surface area contributed by atoms with E-state index in [1.54, 1.807) is 0 Å². The number of hydrogen-bond donors (Lipinski definition) is 0. The van der Waals surface area contributed by atoms with E-state index in [4.69, 9.17) is 16.3 Å². The van der Waals surface area contributed by atoms with Crippen LogP contribution in [-0.2, 0) is 19.4 Å². The van der Waals surface area contributed by atoms with E-state index >= 15 is 0 Å². The summed E-state index contributed by atoms with van der Waals surface area (Å²) in [4.78, 5) is 0. The molecule has 0 unspecified atom stereocenters. The average Bonchev–Trinajstić information content (AvgIpc) is 2.66. The highest BCUT2D eigenvalue weighted by Crippen LogP contribution is 2.23. The molecule has 0 saturated heterocycles. The van der Waals surface area contributed by atoms with Gasteiger partial charge < -0.3 is 4.74 Å². The van der Waals surface area contributed by atoms with E-state index in [1.807, 2.05) is 42.5 Å². The van der Waals surface area contributed by atoms with Crippen molar-refractivity contribution in [1.82, 2.24) is 0 Å². The van der Waals surface area contributed by atoms with E-state index in [-0.39, 0.29) is 0 Å². The lowest BCUT2D eigenvalue weighted by Gasteiger charge is -2.12. The van der Waals surface area contributed by atoms with Crippen LogP contribution in [0.2, 0.25) is 5.02 Å². The lowest BCUT2D eigenvalue weighted by Crippen LogP contribution is -1.99. The fraction of sp³-hybridized carbons (Fsp3) is 0.217. The summed E-state index contributed by atoms with van der Waals surface area (Å²) < 4.78 is 6.04. The zero-order chi connectivity index (χ0) is 17.3. The highest BCUT2D eigenvalue weighted by atomic mass is 35.5. The Balaban J connectivity index is 1.51. The zero-order valence-corrected chi connectivity index (χ0v) is 15.1. The highest BCUT2D eigenvalue weighted by Gasteiger charge is 2.04. The molecule has 3 aromatic rings. The van der Waals surface area contributed by atoms with E-state index < -0.39 is 0 Å². The molecule has 0 aromatic heterocycles. The van der Waals surface area contributed by atoms with Crippen molar-refractivity contribution in [2.24, 2.45) is 0 Å². The highest BCUT2D eigenvalue weighted by molar-refractivity contribution is 6.31. The summed E-state index contributed by atoms with van der Waals surface area (Å²) in [5.74, 6) is 0.990. The van der Waals surface area contributed by atoms with Gasteiger partial charge in [-0.05, 0) is 54.5 Å². The van der Waals surface area contributed by atoms with E-state index in [2.05, 4.69) is 36.4 Å². The van der Waals surface area contributed by atoms with Crippen LogP contribution < -0.4 is 4.74 Å². The lowest BCUT2D eigenvalue weighted by molar-refractivity contribution is 0.302. The van der Waals surface area contributed by atoms with Crippen LogP contribution in [0.5, 0.6) is 5.75 Å². The predicted octanol–water partition coefficient (Wildman–Crippen LogP) is 6.48. The standard InChI is InChI=1S/C23H23ClO/c24-22-16-8-6-13-20(22)12-4-5-14-21-15-7-9-17-23(21)25-18-19-10-2-1-3-11-19/h1-3,6-11,13,15-17H,4-5,12,14,18H2. The zero-order valence-electron chi connectivity index (χ0n) is 14.3. The molecule has 0 fully saturated rings. The maximum Gasteiger partial charge on any atom is 0.122 e. The summed E-state index contributed by atoms with van der Waals surface area (Å²) >= 11 is 6.22. The summed E-state index contributed by atoms with van der Waals surface area (Å²) in [7, 11) is 0. The minimum atomic E-state index is 0.609. The van der Waals surface area contributed by atoms with Crippen LogP contribution in [0.25, 0.3) is 0 Å². The van der Waals surface area contributed by atoms with Crippen molar-refractivity contribution in [3.63, 3.8) is 0 Å². The molecule has 0 saturated carbocycles. The molecule has 3 rings (SSSR count). The van der Waals surface area contributed by atoms with E-state index in [1.165, 1.54) is 16.7 Å². The normalized spacial score (nSPS) is 10.6. The first-order valence-electron chi connectivity index (χ1n) is 8.81. The maximum atomic E-state index is 6.22. The van der Waals surface area contributed by atoms with E-state index in [9.17, 15) is 0 Å². The van der Waals surface area contributed by atoms with Crippen molar-refractivity contribution in [2.45, 2.75) is 32.3 Å². The predicted molar refractivity (Wildman–Crippen MR) is 105 cm³/mol. The van der Waals surface area contributed by atoms with Crippen molar-refractivity contribution in [2.75, 3.05) is 0 Å². The summed E-state index contributed by atoms with van der Waals surface area (Å²) in [6, 6.07) is 26.7. The molecule has 0 N–H and O–H groups in total. The third kappa shape index (κ3) is 5.37. The average molecular weight is 351 g/mol. The molecule has 3 aromatic carbocycles. The second-order valence-electron chi connectivity index (χ2n) is 6.18. The summed E-state index contributed by atoms with van der Waals surface area (Å²) in [6.07, 6.45) is 4.29. The first kappa shape index (κ1) is 17.6. The minimum Gasteiger partial charge on any atom is -0.489 e. The second-order valence-corrected chi connectivity index (χ2v) is 6.59. The molecule has 0 aliphatic rings. The van der Waals surface area contributed by atoms with Crippen LogP contribution in [0.15, 0.2) is 78.9 Å². The van der Waals surface area contributed by atoms with Gasteiger partial charge in [-0.25, -0.2) is 0 Å². The van der Waals surface area contributed by atoms with Crippen molar-refractivity contribution in [1.29, 1.82) is 0 Å². The Hall–Kier alpha value is -2.25. The SMILES string of the molecule is Clc1ccccc1CCCCc1ccccc1OCc1ccccc1. The van der Waals surface area contributed by atoms with Crippen LogP contribution in [-0.4, -0.2) is 0 Å². The molecule has 0 aliphatic heterocycles. The van der Waals surface area contributed by atoms with Gasteiger partial charge in [0.1, 0.15) is 12.4 Å². The molecular weight excluding hydrogens is 328 g/mol. The number of ether oxygens (including phenoxy) is 1. The fourth-order valence-corrected chi connectivity index (χ4v) is 3.15. The molecule has 1 nitrogen and oxygen atoms in total. The molecule has 2 heteroatoms. The lowest BCUT2D eigenvalue weighted by atomic mass is 10.0. The van der Waals surface area contributed by atoms with Gasteiger partial charge in [0, 0.05) is 5.02 Å². The Morgan fingerprint density at radius 2 is 1.24 bits per heavy atom. The van der Waals surface area contributed by atoms with Gasteiger partial charge in [-0.1, -0.05) is 78.3 Å². The van der Waals surface area contributed by atoms with Crippen molar-refractivity contribution < 1.29 is 4.74 Å². The second kappa shape index (κ2) is 9.29. The molecule has 0 heterocycles. The van der Waals surface area contributed by atoms with Gasteiger partial charge in [0.15, 0.2) is 0 Å². The van der Waals surface area contributed by atoms with Gasteiger partial charge in [0.05, 0.1) is 0 Å². The van der Waals surface area contributed by atoms with E-state index in [0.717, 1.165) is 36.5 Å². The van der Waals surface area contributed by atoms with Crippen molar-refractivity contribution in [3.05, 3.63) is 101 Å². The first-order chi connectivity index (χ1) is 12.3. The van der Waals surface area contributed by atoms with E-state index in [0.29, 0.717) is 6.61 Å². The number of para-hydroxylation sites is 1. The number of unbranched alkanes of at least 4 members (excludes halogenated alkanes) is 1. The van der Waals surface area contributed by atoms with Gasteiger partial charge in [-0.15, -0.1) is 0 Å². The van der Waals surface area contributed by atoms with Gasteiger partial charge in [0.25, 0.3) is 0 Å². The summed E-state index contributed by atoms with van der Waals surface area (Å²) in [5.41, 5.74) is 3.70. The molecule has 0 radical (unpaired) electrons. The van der Waals surface area contributed by atoms with Gasteiger partial charge >= 0.3 is 0 Å². The Bertz CT molecular complexity index is 783. The number of benzene rings is 3. The van der Waals surface area contributed by atoms with Gasteiger partial charge in [-0.3, -0.25) is 0 Å². The smallest absolute Gasteiger partial charge is 0.122 e. The number of aryl methyl sites for hydroxylation is 2. The van der Waals surface area contributed by atoms with Crippen molar-refractivity contribution in [3.8, 4) is 5.75 Å². The molecule has 25 heavy (non-hydrogen) atoms. The molecule has 0 aliphatic carbocycles. The summed E-state index contributed by atoms with van der Waals surface area (Å²) in [5, 5.41) is 0.870. The van der Waals surface area contributed by atoms with Crippen LogP contribution in [0.1, 0.15) is 29.5 Å². The van der Waals surface area contributed by atoms with Gasteiger partial charge in [0.2, 0.25) is 0 Å². The first-order valence-corrected chi connectivity index (χ1v) is 9.19. The van der Waals surface area contributed by atoms with Crippen LogP contribution in [0.3, 0.4) is 0 Å². The summed E-state index contributed by atoms with van der Waals surface area (Å²) in [6.45, 7) is 0.609. The maximum absolute atomic E-state index is 6.22. The molecule has 0 atom stereocenters. The van der Waals surface area contributed by atoms with Crippen LogP contribution in [0, 0.1) is 0 Å². The fourth-order valence-electron chi connectivity index (χ4n) is 2.92. The van der Waals surface area contributed by atoms with Crippen LogP contribution in [0.4, 0.5) is 0 Å². The topological polar surface area (TPSA) is 9.23 Å². The number of hydrogen-bond acceptors (Lipinski definition) is 1. The Morgan fingerprint density at radius 1 is 0.640 bits per heavy atom. The monoisotopic (exact) mass is 350 g/mol. The quantitative estimate of drug-likeness (QED) is 0.422. The number of halogens is 1. The Morgan fingerprint density at radius 3 is 2.00 bits per heavy atom. The molecule has 0 bridgehead atoms. The molecule has 0 amide bonds. The third-order valence-corrected chi connectivity index (χ3v) is 4.68. The molecule has 128 valence electrons.